The van der Waals surface area contributed by atoms with E-state index >= 15 is 0 Å². The van der Waals surface area contributed by atoms with Gasteiger partial charge in [-0.3, -0.25) is 0 Å². The summed E-state index contributed by atoms with van der Waals surface area (Å²) in [7, 11) is 0. The first-order valence-corrected chi connectivity index (χ1v) is 5.09. The Morgan fingerprint density at radius 3 is 2.62 bits per heavy atom. The molecule has 72 valence electrons. The third-order valence-corrected chi connectivity index (χ3v) is 2.47. The van der Waals surface area contributed by atoms with E-state index in [9.17, 15) is 0 Å². The molecule has 0 saturated carbocycles. The summed E-state index contributed by atoms with van der Waals surface area (Å²) < 4.78 is 0. The smallest absolute Gasteiger partial charge is 0.115 e. The zero-order chi connectivity index (χ0) is 9.84. The Morgan fingerprint density at radius 2 is 2.00 bits per heavy atom. The van der Waals surface area contributed by atoms with E-state index in [0.29, 0.717) is 5.92 Å². The minimum absolute atomic E-state index is 0.672. The summed E-state index contributed by atoms with van der Waals surface area (Å²) in [6, 6.07) is 0. The van der Waals surface area contributed by atoms with Gasteiger partial charge in [-0.15, -0.1) is 0 Å². The van der Waals surface area contributed by atoms with Crippen molar-refractivity contribution in [1.29, 1.82) is 0 Å². The standard InChI is InChI=1S/C9H12N2.C2H6/c1-6-3-4-8-9(6)7(2)10-5-11-8;1-2/h5-6H,3-4H2,1-2H3;1-2H3. The van der Waals surface area contributed by atoms with Crippen LogP contribution in [0.5, 0.6) is 0 Å². The number of hydrogen-bond acceptors (Lipinski definition) is 2. The van der Waals surface area contributed by atoms with Crippen LogP contribution >= 0.6 is 0 Å². The summed E-state index contributed by atoms with van der Waals surface area (Å²) >= 11 is 0. The van der Waals surface area contributed by atoms with Gasteiger partial charge in [-0.1, -0.05) is 20.8 Å². The van der Waals surface area contributed by atoms with Gasteiger partial charge in [0.2, 0.25) is 0 Å². The van der Waals surface area contributed by atoms with Crippen LogP contribution in [0.3, 0.4) is 0 Å². The fourth-order valence-corrected chi connectivity index (χ4v) is 1.87. The lowest BCUT2D eigenvalue weighted by Gasteiger charge is -2.05. The number of nitrogens with zero attached hydrogens (tertiary/aromatic N) is 2. The molecule has 1 atom stereocenters. The Kier molecular flexibility index (Phi) is 3.40. The molecule has 1 heterocycles. The van der Waals surface area contributed by atoms with E-state index in [1.807, 2.05) is 13.8 Å². The summed E-state index contributed by atoms with van der Waals surface area (Å²) in [5.41, 5.74) is 3.83. The van der Waals surface area contributed by atoms with Crippen molar-refractivity contribution in [3.63, 3.8) is 0 Å². The van der Waals surface area contributed by atoms with Gasteiger partial charge in [0.25, 0.3) is 0 Å². The Morgan fingerprint density at radius 1 is 1.31 bits per heavy atom. The molecule has 0 aromatic carbocycles. The number of aromatic nitrogens is 2. The molecule has 0 bridgehead atoms. The predicted octanol–water partition coefficient (Wildman–Crippen LogP) is 2.86. The van der Waals surface area contributed by atoms with Gasteiger partial charge < -0.3 is 0 Å². The SMILES string of the molecule is CC.Cc1ncnc2c1C(C)CC2. The first kappa shape index (κ1) is 10.2. The van der Waals surface area contributed by atoms with E-state index in [1.165, 1.54) is 23.4 Å². The quantitative estimate of drug-likeness (QED) is 0.610. The lowest BCUT2D eigenvalue weighted by Crippen LogP contribution is -1.96. The van der Waals surface area contributed by atoms with Crippen molar-refractivity contribution in [3.8, 4) is 0 Å². The van der Waals surface area contributed by atoms with Crippen LogP contribution in [-0.2, 0) is 6.42 Å². The van der Waals surface area contributed by atoms with Crippen LogP contribution < -0.4 is 0 Å². The van der Waals surface area contributed by atoms with Gasteiger partial charge in [0.05, 0.1) is 0 Å². The van der Waals surface area contributed by atoms with Crippen molar-refractivity contribution in [2.45, 2.75) is 46.5 Å². The molecule has 0 spiro atoms. The number of fused-ring (bicyclic) bond motifs is 1. The van der Waals surface area contributed by atoms with Gasteiger partial charge in [-0.2, -0.15) is 0 Å². The highest BCUT2D eigenvalue weighted by molar-refractivity contribution is 5.31. The van der Waals surface area contributed by atoms with Crippen molar-refractivity contribution in [2.75, 3.05) is 0 Å². The maximum atomic E-state index is 4.26. The van der Waals surface area contributed by atoms with Crippen molar-refractivity contribution in [2.24, 2.45) is 0 Å². The number of aryl methyl sites for hydroxylation is 2. The van der Waals surface area contributed by atoms with Gasteiger partial charge in [0.1, 0.15) is 6.33 Å². The Bertz CT molecular complexity index is 281. The summed E-state index contributed by atoms with van der Waals surface area (Å²) in [5.74, 6) is 0.672. The van der Waals surface area contributed by atoms with E-state index in [4.69, 9.17) is 0 Å². The Labute approximate surface area is 80.4 Å². The van der Waals surface area contributed by atoms with Gasteiger partial charge in [0, 0.05) is 11.4 Å². The zero-order valence-electron chi connectivity index (χ0n) is 8.96. The molecule has 2 heteroatoms. The molecule has 1 aliphatic rings. The van der Waals surface area contributed by atoms with Crippen LogP contribution in [0, 0.1) is 6.92 Å². The molecular weight excluding hydrogens is 160 g/mol. The molecule has 0 amide bonds. The highest BCUT2D eigenvalue weighted by Gasteiger charge is 2.21. The summed E-state index contributed by atoms with van der Waals surface area (Å²) in [6.07, 6.45) is 4.06. The van der Waals surface area contributed by atoms with Gasteiger partial charge in [-0.25, -0.2) is 9.97 Å². The third-order valence-electron chi connectivity index (χ3n) is 2.47. The van der Waals surface area contributed by atoms with E-state index < -0.39 is 0 Å². The van der Waals surface area contributed by atoms with Gasteiger partial charge in [-0.05, 0) is 31.2 Å². The van der Waals surface area contributed by atoms with Gasteiger partial charge >= 0.3 is 0 Å². The second-order valence-corrected chi connectivity index (χ2v) is 3.26. The largest absolute Gasteiger partial charge is 0.241 e. The molecule has 0 aliphatic heterocycles. The van der Waals surface area contributed by atoms with Crippen LogP contribution in [0.25, 0.3) is 0 Å². The molecule has 1 unspecified atom stereocenters. The lowest BCUT2D eigenvalue weighted by molar-refractivity contribution is 0.741. The highest BCUT2D eigenvalue weighted by Crippen LogP contribution is 2.32. The second-order valence-electron chi connectivity index (χ2n) is 3.26. The second kappa shape index (κ2) is 4.35. The van der Waals surface area contributed by atoms with Crippen LogP contribution in [0.1, 0.15) is 50.1 Å². The van der Waals surface area contributed by atoms with Crippen LogP contribution in [-0.4, -0.2) is 9.97 Å². The molecule has 0 radical (unpaired) electrons. The molecule has 2 rings (SSSR count). The van der Waals surface area contributed by atoms with E-state index in [2.05, 4.69) is 23.8 Å². The maximum Gasteiger partial charge on any atom is 0.115 e. The average Bonchev–Trinajstić information content (AvgIpc) is 2.53. The predicted molar refractivity (Wildman–Crippen MR) is 54.9 cm³/mol. The van der Waals surface area contributed by atoms with Crippen molar-refractivity contribution < 1.29 is 0 Å². The lowest BCUT2D eigenvalue weighted by atomic mass is 10.0. The zero-order valence-corrected chi connectivity index (χ0v) is 8.96. The number of hydrogen-bond donors (Lipinski definition) is 0. The summed E-state index contributed by atoms with van der Waals surface area (Å²) in [4.78, 5) is 8.45. The highest BCUT2D eigenvalue weighted by atomic mass is 14.8. The van der Waals surface area contributed by atoms with Gasteiger partial charge in [0.15, 0.2) is 0 Å². The molecule has 1 aromatic rings. The first-order valence-electron chi connectivity index (χ1n) is 5.09. The van der Waals surface area contributed by atoms with Crippen molar-refractivity contribution >= 4 is 0 Å². The topological polar surface area (TPSA) is 25.8 Å². The molecule has 2 nitrogen and oxygen atoms in total. The molecular formula is C11H18N2. The molecule has 13 heavy (non-hydrogen) atoms. The maximum absolute atomic E-state index is 4.26. The molecule has 1 aliphatic carbocycles. The van der Waals surface area contributed by atoms with Crippen molar-refractivity contribution in [1.82, 2.24) is 9.97 Å². The van der Waals surface area contributed by atoms with E-state index in [-0.39, 0.29) is 0 Å². The molecule has 0 N–H and O–H groups in total. The van der Waals surface area contributed by atoms with Crippen LogP contribution in [0.15, 0.2) is 6.33 Å². The Hall–Kier alpha value is -0.920. The summed E-state index contributed by atoms with van der Waals surface area (Å²) in [6.45, 7) is 8.32. The van der Waals surface area contributed by atoms with Crippen molar-refractivity contribution in [3.05, 3.63) is 23.3 Å². The normalized spacial score (nSPS) is 18.9. The molecule has 1 aromatic heterocycles. The fraction of sp³-hybridized carbons (Fsp3) is 0.636. The Balaban J connectivity index is 0.000000396. The number of rotatable bonds is 0. The van der Waals surface area contributed by atoms with E-state index in [1.54, 1.807) is 6.33 Å². The monoisotopic (exact) mass is 178 g/mol. The van der Waals surface area contributed by atoms with E-state index in [0.717, 1.165) is 6.42 Å². The third kappa shape index (κ3) is 1.87. The van der Waals surface area contributed by atoms with Crippen LogP contribution in [0.4, 0.5) is 0 Å². The van der Waals surface area contributed by atoms with Crippen LogP contribution in [0.2, 0.25) is 0 Å². The molecule has 0 saturated heterocycles. The first-order chi connectivity index (χ1) is 6.29. The fourth-order valence-electron chi connectivity index (χ4n) is 1.87. The summed E-state index contributed by atoms with van der Waals surface area (Å²) in [5, 5.41) is 0. The minimum atomic E-state index is 0.672. The minimum Gasteiger partial charge on any atom is -0.241 e. The average molecular weight is 178 g/mol. The molecule has 0 fully saturated rings.